The first-order chi connectivity index (χ1) is 25.9. The lowest BCUT2D eigenvalue weighted by Gasteiger charge is -1.95. The smallest absolute Gasteiger partial charge is 0.227 e. The molecule has 3 aromatic heterocycles. The van der Waals surface area contributed by atoms with Gasteiger partial charge in [0.25, 0.3) is 0 Å². The van der Waals surface area contributed by atoms with Crippen molar-refractivity contribution in [3.63, 3.8) is 0 Å². The van der Waals surface area contributed by atoms with Gasteiger partial charge in [0.2, 0.25) is 17.7 Å². The van der Waals surface area contributed by atoms with E-state index < -0.39 is 0 Å². The van der Waals surface area contributed by atoms with Crippen molar-refractivity contribution in [2.45, 2.75) is 0 Å². The molecular weight excluding hydrogens is 894 g/mol. The summed E-state index contributed by atoms with van der Waals surface area (Å²) in [5, 5.41) is 56.1. The van der Waals surface area contributed by atoms with E-state index in [1.54, 1.807) is 91.0 Å². The van der Waals surface area contributed by atoms with Gasteiger partial charge in [-0.1, -0.05) is 0 Å². The second-order valence-corrected chi connectivity index (χ2v) is 14.1. The van der Waals surface area contributed by atoms with E-state index in [1.165, 1.54) is 18.2 Å². The fourth-order valence-electron chi connectivity index (χ4n) is 5.12. The molecule has 0 radical (unpaired) electrons. The molecule has 0 spiro atoms. The maximum atomic E-state index is 9.48. The van der Waals surface area contributed by atoms with Gasteiger partial charge in [-0.05, 0) is 139 Å². The number of fused-ring (bicyclic) bond motifs is 3. The number of phenolic OH excluding ortho intramolecular Hbond substituents is 6. The van der Waals surface area contributed by atoms with Gasteiger partial charge in [-0.2, -0.15) is 0 Å². The van der Waals surface area contributed by atoms with E-state index in [9.17, 15) is 30.6 Å². The van der Waals surface area contributed by atoms with Gasteiger partial charge in [0.05, 0.1) is 13.4 Å². The molecule has 0 atom stereocenters. The van der Waals surface area contributed by atoms with Crippen LogP contribution in [0.15, 0.2) is 136 Å². The lowest BCUT2D eigenvalue weighted by Crippen LogP contribution is -1.75. The number of hydrogen-bond donors (Lipinski definition) is 6. The van der Waals surface area contributed by atoms with Crippen LogP contribution in [0.1, 0.15) is 0 Å². The number of phenols is 6. The highest BCUT2D eigenvalue weighted by Gasteiger charge is 2.14. The molecule has 6 aromatic carbocycles. The zero-order chi connectivity index (χ0) is 38.1. The first-order valence-electron chi connectivity index (χ1n) is 15.7. The van der Waals surface area contributed by atoms with Gasteiger partial charge in [0.1, 0.15) is 51.0 Å². The minimum atomic E-state index is 0.125. The zero-order valence-electron chi connectivity index (χ0n) is 27.3. The van der Waals surface area contributed by atoms with Crippen LogP contribution in [0.25, 0.3) is 67.7 Å². The summed E-state index contributed by atoms with van der Waals surface area (Å²) in [6.45, 7) is 0. The molecule has 54 heavy (non-hydrogen) atoms. The van der Waals surface area contributed by atoms with Crippen LogP contribution in [-0.4, -0.2) is 45.6 Å². The summed E-state index contributed by atoms with van der Waals surface area (Å²) in [5.41, 5.74) is 5.74. The molecule has 15 heteroatoms. The van der Waals surface area contributed by atoms with E-state index in [-0.39, 0.29) is 34.5 Å². The van der Waals surface area contributed by atoms with Crippen LogP contribution in [0.3, 0.4) is 0 Å². The summed E-state index contributed by atoms with van der Waals surface area (Å²) in [7, 11) is 0. The molecule has 0 bridgehead atoms. The van der Waals surface area contributed by atoms with E-state index in [4.69, 9.17) is 13.3 Å². The fraction of sp³-hybridized carbons (Fsp3) is 0. The highest BCUT2D eigenvalue weighted by molar-refractivity contribution is 9.11. The second-order valence-electron chi connectivity index (χ2n) is 11.5. The molecule has 6 N–H and O–H groups in total. The monoisotopic (exact) mass is 915 g/mol. The molecule has 0 aliphatic carbocycles. The Hall–Kier alpha value is -6.03. The Bertz CT molecular complexity index is 2460. The Morgan fingerprint density at radius 3 is 0.815 bits per heavy atom. The average molecular weight is 918 g/mol. The van der Waals surface area contributed by atoms with Crippen molar-refractivity contribution in [1.82, 2.24) is 15.0 Å². The number of nitrogens with zero attached hydrogens (tertiary/aromatic N) is 3. The average Bonchev–Trinajstić information content (AvgIpc) is 3.88. The van der Waals surface area contributed by atoms with E-state index in [0.29, 0.717) is 64.4 Å². The highest BCUT2D eigenvalue weighted by Crippen LogP contribution is 2.35. The maximum absolute atomic E-state index is 9.48. The molecule has 12 nitrogen and oxygen atoms in total. The van der Waals surface area contributed by atoms with Gasteiger partial charge in [0, 0.05) is 34.9 Å². The van der Waals surface area contributed by atoms with E-state index in [0.717, 1.165) is 16.7 Å². The predicted molar refractivity (Wildman–Crippen MR) is 211 cm³/mol. The number of benzene rings is 6. The fourth-order valence-corrected chi connectivity index (χ4v) is 6.67. The standard InChI is InChI=1S/3C13H8BrNO3/c3*14-10-5-9(17)6-11-12(10)18-13(15-11)7-1-3-8(16)4-2-7/h3*1-6,16-17H. The van der Waals surface area contributed by atoms with E-state index >= 15 is 0 Å². The number of rotatable bonds is 3. The van der Waals surface area contributed by atoms with E-state index in [2.05, 4.69) is 62.7 Å². The Morgan fingerprint density at radius 1 is 0.333 bits per heavy atom. The lowest BCUT2D eigenvalue weighted by atomic mass is 10.2. The van der Waals surface area contributed by atoms with Crippen molar-refractivity contribution in [2.24, 2.45) is 0 Å². The van der Waals surface area contributed by atoms with Crippen molar-refractivity contribution in [1.29, 1.82) is 0 Å². The molecule has 0 aliphatic heterocycles. The molecular formula is C39H24Br3N3O9. The molecule has 0 saturated carbocycles. The van der Waals surface area contributed by atoms with Gasteiger partial charge < -0.3 is 43.9 Å². The molecule has 3 heterocycles. The minimum absolute atomic E-state index is 0.125. The maximum Gasteiger partial charge on any atom is 0.227 e. The number of hydrogen-bond acceptors (Lipinski definition) is 12. The third-order valence-corrected chi connectivity index (χ3v) is 9.40. The van der Waals surface area contributed by atoms with Crippen LogP contribution >= 0.6 is 47.8 Å². The van der Waals surface area contributed by atoms with Crippen molar-refractivity contribution in [2.75, 3.05) is 0 Å². The number of aromatic hydroxyl groups is 6. The largest absolute Gasteiger partial charge is 0.508 e. The Kier molecular flexibility index (Phi) is 10.2. The first-order valence-corrected chi connectivity index (χ1v) is 18.0. The summed E-state index contributed by atoms with van der Waals surface area (Å²) in [5.74, 6) is 2.26. The van der Waals surface area contributed by atoms with Gasteiger partial charge in [-0.3, -0.25) is 0 Å². The summed E-state index contributed by atoms with van der Waals surface area (Å²) in [4.78, 5) is 12.9. The second kappa shape index (κ2) is 15.1. The van der Waals surface area contributed by atoms with Crippen LogP contribution in [0, 0.1) is 0 Å². The SMILES string of the molecule is Oc1ccc(-c2nc3cc(O)cc(Br)c3o2)cc1.Oc1ccc(-c2nc3cc(O)cc(Br)c3o2)cc1.Oc1ccc(-c2nc3cc(O)cc(Br)c3o2)cc1. The number of halogens is 3. The van der Waals surface area contributed by atoms with E-state index in [1.807, 2.05) is 0 Å². The number of oxazole rings is 3. The van der Waals surface area contributed by atoms with Crippen LogP contribution in [-0.2, 0) is 0 Å². The molecule has 9 rings (SSSR count). The van der Waals surface area contributed by atoms with Gasteiger partial charge in [-0.25, -0.2) is 15.0 Å². The predicted octanol–water partition coefficient (Wildman–Crippen LogP) is 11.0. The summed E-state index contributed by atoms with van der Waals surface area (Å²) < 4.78 is 18.8. The first kappa shape index (κ1) is 36.3. The third kappa shape index (κ3) is 7.97. The van der Waals surface area contributed by atoms with Gasteiger partial charge in [0.15, 0.2) is 16.7 Å². The summed E-state index contributed by atoms with van der Waals surface area (Å²) >= 11 is 9.93. The van der Waals surface area contributed by atoms with Crippen molar-refractivity contribution >= 4 is 81.1 Å². The van der Waals surface area contributed by atoms with Crippen molar-refractivity contribution in [3.05, 3.63) is 123 Å². The molecule has 0 amide bonds. The van der Waals surface area contributed by atoms with Crippen LogP contribution in [0.5, 0.6) is 34.5 Å². The Morgan fingerprint density at radius 2 is 0.574 bits per heavy atom. The van der Waals surface area contributed by atoms with Crippen molar-refractivity contribution in [3.8, 4) is 68.9 Å². The quantitative estimate of drug-likeness (QED) is 0.0981. The third-order valence-electron chi connectivity index (χ3n) is 7.63. The zero-order valence-corrected chi connectivity index (χ0v) is 32.0. The Balaban J connectivity index is 0.000000125. The molecule has 0 unspecified atom stereocenters. The van der Waals surface area contributed by atoms with Crippen molar-refractivity contribution < 1.29 is 43.9 Å². The molecule has 9 aromatic rings. The normalized spacial score (nSPS) is 10.9. The van der Waals surface area contributed by atoms with Gasteiger partial charge in [-0.15, -0.1) is 0 Å². The number of aromatic nitrogens is 3. The Labute approximate surface area is 329 Å². The van der Waals surface area contributed by atoms with Crippen LogP contribution in [0.2, 0.25) is 0 Å². The van der Waals surface area contributed by atoms with Crippen LogP contribution < -0.4 is 0 Å². The molecule has 0 saturated heterocycles. The molecule has 270 valence electrons. The van der Waals surface area contributed by atoms with Gasteiger partial charge >= 0.3 is 0 Å². The van der Waals surface area contributed by atoms with Crippen LogP contribution in [0.4, 0.5) is 0 Å². The summed E-state index contributed by atoms with van der Waals surface area (Å²) in [6.07, 6.45) is 0. The summed E-state index contributed by atoms with van der Waals surface area (Å²) in [6, 6.07) is 28.9. The lowest BCUT2D eigenvalue weighted by molar-refractivity contribution is 0.474. The minimum Gasteiger partial charge on any atom is -0.508 e. The highest BCUT2D eigenvalue weighted by atomic mass is 79.9. The topological polar surface area (TPSA) is 199 Å². The molecule has 0 fully saturated rings. The molecule has 0 aliphatic rings.